The SMILES string of the molecule is COc1ccc([C@@H]2CC(=O)Nc3nc(SCc4ccccc4F)[nH]c(=O)c32)c(OC)c1. The summed E-state index contributed by atoms with van der Waals surface area (Å²) < 4.78 is 24.6. The molecule has 2 heterocycles. The number of hydrogen-bond acceptors (Lipinski definition) is 6. The van der Waals surface area contributed by atoms with E-state index in [-0.39, 0.29) is 35.3 Å². The van der Waals surface area contributed by atoms with Crippen LogP contribution in [0.3, 0.4) is 0 Å². The Hall–Kier alpha value is -3.33. The van der Waals surface area contributed by atoms with Gasteiger partial charge in [0.05, 0.1) is 19.8 Å². The number of rotatable bonds is 6. The number of nitrogens with one attached hydrogen (secondary N) is 2. The van der Waals surface area contributed by atoms with Crippen molar-refractivity contribution < 1.29 is 18.7 Å². The molecule has 31 heavy (non-hydrogen) atoms. The first-order valence-corrected chi connectivity index (χ1v) is 10.5. The molecule has 0 spiro atoms. The molecule has 2 aromatic carbocycles. The molecule has 0 bridgehead atoms. The maximum Gasteiger partial charge on any atom is 0.257 e. The van der Waals surface area contributed by atoms with Crippen LogP contribution in [0, 0.1) is 5.82 Å². The number of aromatic amines is 1. The zero-order valence-electron chi connectivity index (χ0n) is 16.9. The van der Waals surface area contributed by atoms with E-state index in [4.69, 9.17) is 9.47 Å². The van der Waals surface area contributed by atoms with Crippen LogP contribution >= 0.6 is 11.8 Å². The molecule has 0 unspecified atom stereocenters. The van der Waals surface area contributed by atoms with Gasteiger partial charge in [-0.25, -0.2) is 9.37 Å². The van der Waals surface area contributed by atoms with E-state index < -0.39 is 5.92 Å². The predicted octanol–water partition coefficient (Wildman–Crippen LogP) is 3.69. The molecule has 0 aliphatic carbocycles. The van der Waals surface area contributed by atoms with Gasteiger partial charge >= 0.3 is 0 Å². The summed E-state index contributed by atoms with van der Waals surface area (Å²) in [6.45, 7) is 0. The minimum absolute atomic E-state index is 0.0855. The highest BCUT2D eigenvalue weighted by Crippen LogP contribution is 2.40. The fraction of sp³-hybridized carbons (Fsp3) is 0.227. The van der Waals surface area contributed by atoms with Gasteiger partial charge in [-0.1, -0.05) is 36.0 Å². The van der Waals surface area contributed by atoms with Gasteiger partial charge in [0.1, 0.15) is 23.1 Å². The number of anilines is 1. The standard InChI is InChI=1S/C22H20FN3O4S/c1-29-13-7-8-14(17(9-13)30-2)15-10-18(27)24-20-19(15)21(28)26-22(25-20)31-11-12-5-3-4-6-16(12)23/h3-9,15H,10-11H2,1-2H3,(H2,24,25,26,27,28)/t15-/m0/s1. The number of carbonyl (C=O) groups is 1. The van der Waals surface area contributed by atoms with Crippen molar-refractivity contribution in [3.63, 3.8) is 0 Å². The van der Waals surface area contributed by atoms with Crippen molar-refractivity contribution in [2.24, 2.45) is 0 Å². The van der Waals surface area contributed by atoms with E-state index in [1.54, 1.807) is 43.5 Å². The van der Waals surface area contributed by atoms with E-state index in [1.165, 1.54) is 24.9 Å². The smallest absolute Gasteiger partial charge is 0.257 e. The molecule has 1 aliphatic rings. The van der Waals surface area contributed by atoms with Crippen LogP contribution in [0.1, 0.15) is 29.0 Å². The number of hydrogen-bond donors (Lipinski definition) is 2. The maximum absolute atomic E-state index is 13.9. The van der Waals surface area contributed by atoms with Crippen molar-refractivity contribution in [3.8, 4) is 11.5 Å². The van der Waals surface area contributed by atoms with Crippen LogP contribution in [0.5, 0.6) is 11.5 Å². The van der Waals surface area contributed by atoms with Gasteiger partial charge < -0.3 is 19.8 Å². The number of ether oxygens (including phenoxy) is 2. The minimum atomic E-state index is -0.522. The van der Waals surface area contributed by atoms with Crippen molar-refractivity contribution in [3.05, 3.63) is 75.3 Å². The van der Waals surface area contributed by atoms with Crippen LogP contribution in [-0.2, 0) is 10.5 Å². The molecule has 1 atom stereocenters. The Morgan fingerprint density at radius 2 is 1.97 bits per heavy atom. The molecule has 0 fully saturated rings. The highest BCUT2D eigenvalue weighted by atomic mass is 32.2. The van der Waals surface area contributed by atoms with Gasteiger partial charge in [0.2, 0.25) is 5.91 Å². The van der Waals surface area contributed by atoms with Gasteiger partial charge in [-0.2, -0.15) is 0 Å². The predicted molar refractivity (Wildman–Crippen MR) is 115 cm³/mol. The monoisotopic (exact) mass is 441 g/mol. The fourth-order valence-electron chi connectivity index (χ4n) is 3.55. The second kappa shape index (κ2) is 8.81. The van der Waals surface area contributed by atoms with Crippen LogP contribution in [-0.4, -0.2) is 30.1 Å². The third-order valence-corrected chi connectivity index (χ3v) is 5.99. The first kappa shape index (κ1) is 20.9. The fourth-order valence-corrected chi connectivity index (χ4v) is 4.40. The van der Waals surface area contributed by atoms with Crippen molar-refractivity contribution >= 4 is 23.5 Å². The third-order valence-electron chi connectivity index (χ3n) is 5.07. The Bertz CT molecular complexity index is 1200. The van der Waals surface area contributed by atoms with E-state index in [0.717, 1.165) is 0 Å². The highest BCUT2D eigenvalue weighted by Gasteiger charge is 2.32. The number of aromatic nitrogens is 2. The Labute approximate surface area is 182 Å². The second-order valence-corrected chi connectivity index (χ2v) is 7.89. The summed E-state index contributed by atoms with van der Waals surface area (Å²) >= 11 is 1.19. The number of nitrogens with zero attached hydrogens (tertiary/aromatic N) is 1. The molecular weight excluding hydrogens is 421 g/mol. The van der Waals surface area contributed by atoms with Crippen molar-refractivity contribution in [2.75, 3.05) is 19.5 Å². The molecule has 3 aromatic rings. The number of halogens is 1. The van der Waals surface area contributed by atoms with Gasteiger partial charge in [0, 0.05) is 29.7 Å². The lowest BCUT2D eigenvalue weighted by atomic mass is 9.86. The summed E-state index contributed by atoms with van der Waals surface area (Å²) in [5.41, 5.74) is 1.19. The van der Waals surface area contributed by atoms with E-state index in [9.17, 15) is 14.0 Å². The molecule has 9 heteroatoms. The number of amides is 1. The molecule has 2 N–H and O–H groups in total. The van der Waals surface area contributed by atoms with Crippen LogP contribution < -0.4 is 20.3 Å². The Morgan fingerprint density at radius 3 is 2.71 bits per heavy atom. The van der Waals surface area contributed by atoms with Gasteiger partial charge in [-0.15, -0.1) is 0 Å². The van der Waals surface area contributed by atoms with Gasteiger partial charge in [-0.3, -0.25) is 9.59 Å². The average molecular weight is 441 g/mol. The van der Waals surface area contributed by atoms with E-state index in [0.29, 0.717) is 33.3 Å². The topological polar surface area (TPSA) is 93.3 Å². The van der Waals surface area contributed by atoms with Gasteiger partial charge in [0.15, 0.2) is 5.16 Å². The molecule has 7 nitrogen and oxygen atoms in total. The van der Waals surface area contributed by atoms with Crippen LogP contribution in [0.2, 0.25) is 0 Å². The average Bonchev–Trinajstić information content (AvgIpc) is 2.77. The van der Waals surface area contributed by atoms with E-state index in [2.05, 4.69) is 15.3 Å². The Balaban J connectivity index is 1.69. The van der Waals surface area contributed by atoms with Crippen LogP contribution in [0.15, 0.2) is 52.4 Å². The van der Waals surface area contributed by atoms with Crippen LogP contribution in [0.4, 0.5) is 10.2 Å². The number of H-pyrrole nitrogens is 1. The first-order valence-electron chi connectivity index (χ1n) is 9.52. The summed E-state index contributed by atoms with van der Waals surface area (Å²) in [4.78, 5) is 32.5. The van der Waals surface area contributed by atoms with Gasteiger partial charge in [0.25, 0.3) is 5.56 Å². The minimum Gasteiger partial charge on any atom is -0.497 e. The Morgan fingerprint density at radius 1 is 1.16 bits per heavy atom. The summed E-state index contributed by atoms with van der Waals surface area (Å²) in [5, 5.41) is 2.99. The maximum atomic E-state index is 13.9. The van der Waals surface area contributed by atoms with Crippen molar-refractivity contribution in [1.82, 2.24) is 9.97 Å². The highest BCUT2D eigenvalue weighted by molar-refractivity contribution is 7.98. The van der Waals surface area contributed by atoms with E-state index in [1.807, 2.05) is 0 Å². The zero-order chi connectivity index (χ0) is 22.0. The lowest BCUT2D eigenvalue weighted by Crippen LogP contribution is -2.31. The molecule has 0 saturated heterocycles. The lowest BCUT2D eigenvalue weighted by molar-refractivity contribution is -0.116. The summed E-state index contributed by atoms with van der Waals surface area (Å²) in [6, 6.07) is 11.7. The van der Waals surface area contributed by atoms with Crippen LogP contribution in [0.25, 0.3) is 0 Å². The van der Waals surface area contributed by atoms with Crippen molar-refractivity contribution in [2.45, 2.75) is 23.2 Å². The van der Waals surface area contributed by atoms with Gasteiger partial charge in [-0.05, 0) is 17.7 Å². The molecule has 4 rings (SSSR count). The number of carbonyl (C=O) groups excluding carboxylic acids is 1. The third kappa shape index (κ3) is 4.27. The second-order valence-electron chi connectivity index (χ2n) is 6.93. The molecular formula is C22H20FN3O4S. The number of methoxy groups -OCH3 is 2. The molecule has 0 saturated carbocycles. The summed E-state index contributed by atoms with van der Waals surface area (Å²) in [5.74, 6) is 0.521. The quantitative estimate of drug-likeness (QED) is 0.448. The molecule has 1 aliphatic heterocycles. The molecule has 1 aromatic heterocycles. The number of benzene rings is 2. The number of fused-ring (bicyclic) bond motifs is 1. The largest absolute Gasteiger partial charge is 0.497 e. The van der Waals surface area contributed by atoms with Crippen molar-refractivity contribution in [1.29, 1.82) is 0 Å². The lowest BCUT2D eigenvalue weighted by Gasteiger charge is -2.26. The summed E-state index contributed by atoms with van der Waals surface area (Å²) in [6.07, 6.45) is 0.0855. The number of thioether (sulfide) groups is 1. The zero-order valence-corrected chi connectivity index (χ0v) is 17.7. The molecule has 1 amide bonds. The normalized spacial score (nSPS) is 15.2. The molecule has 0 radical (unpaired) electrons. The Kier molecular flexibility index (Phi) is 5.94. The first-order chi connectivity index (χ1) is 15.0. The van der Waals surface area contributed by atoms with E-state index >= 15 is 0 Å². The summed E-state index contributed by atoms with van der Waals surface area (Å²) in [7, 11) is 3.07. The molecule has 160 valence electrons.